The highest BCUT2D eigenvalue weighted by atomic mass is 16.5. The fraction of sp³-hybridized carbons (Fsp3) is 0.818. The van der Waals surface area contributed by atoms with Gasteiger partial charge in [0.25, 0.3) is 0 Å². The van der Waals surface area contributed by atoms with E-state index in [9.17, 15) is 0 Å². The Hall–Kier alpha value is -0.940. The average molecular weight is 225 g/mol. The number of aromatic nitrogens is 2. The Morgan fingerprint density at radius 3 is 2.75 bits per heavy atom. The molecule has 0 bridgehead atoms. The second kappa shape index (κ2) is 5.96. The highest BCUT2D eigenvalue weighted by Crippen LogP contribution is 2.09. The molecule has 1 saturated heterocycles. The molecule has 2 rings (SSSR count). The maximum Gasteiger partial charge on any atom is 0.228 e. The summed E-state index contributed by atoms with van der Waals surface area (Å²) in [6, 6.07) is 0. The highest BCUT2D eigenvalue weighted by molar-refractivity contribution is 4.87. The number of piperidine rings is 1. The summed E-state index contributed by atoms with van der Waals surface area (Å²) < 4.78 is 5.01. The van der Waals surface area contributed by atoms with Crippen LogP contribution in [0.1, 0.15) is 31.0 Å². The highest BCUT2D eigenvalue weighted by Gasteiger charge is 2.11. The van der Waals surface area contributed by atoms with E-state index in [1.165, 1.54) is 32.4 Å². The second-order valence-electron chi connectivity index (χ2n) is 4.23. The molecule has 0 radical (unpaired) electrons. The van der Waals surface area contributed by atoms with Crippen LogP contribution in [0.25, 0.3) is 0 Å². The van der Waals surface area contributed by atoms with E-state index in [1.807, 2.05) is 0 Å². The molecule has 0 aliphatic carbocycles. The number of aliphatic hydroxyl groups excluding tert-OH is 1. The van der Waals surface area contributed by atoms with Gasteiger partial charge in [-0.25, -0.2) is 0 Å². The van der Waals surface area contributed by atoms with E-state index in [-0.39, 0.29) is 6.61 Å². The van der Waals surface area contributed by atoms with Crippen molar-refractivity contribution in [2.24, 2.45) is 0 Å². The first kappa shape index (κ1) is 11.5. The first-order chi connectivity index (χ1) is 7.88. The summed E-state index contributed by atoms with van der Waals surface area (Å²) in [5, 5.41) is 12.6. The lowest BCUT2D eigenvalue weighted by Crippen LogP contribution is -2.31. The van der Waals surface area contributed by atoms with Gasteiger partial charge in [0.2, 0.25) is 5.89 Å². The van der Waals surface area contributed by atoms with Crippen molar-refractivity contribution < 1.29 is 9.63 Å². The third kappa shape index (κ3) is 3.28. The standard InChI is InChI=1S/C11H19N3O2/c15-9-5-11-12-10(13-16-11)4-8-14-6-2-1-3-7-14/h15H,1-9H2. The van der Waals surface area contributed by atoms with E-state index in [1.54, 1.807) is 0 Å². The van der Waals surface area contributed by atoms with Crippen LogP contribution in [-0.4, -0.2) is 46.4 Å². The largest absolute Gasteiger partial charge is 0.396 e. The maximum absolute atomic E-state index is 8.73. The Bertz CT molecular complexity index is 308. The molecule has 0 saturated carbocycles. The average Bonchev–Trinajstić information content (AvgIpc) is 2.76. The molecule has 0 aromatic carbocycles. The number of rotatable bonds is 5. The number of likely N-dealkylation sites (tertiary alicyclic amines) is 1. The molecule has 1 aliphatic rings. The van der Waals surface area contributed by atoms with Crippen molar-refractivity contribution >= 4 is 0 Å². The predicted octanol–water partition coefficient (Wildman–Crippen LogP) is 0.633. The third-order valence-electron chi connectivity index (χ3n) is 2.94. The first-order valence-electron chi connectivity index (χ1n) is 6.03. The lowest BCUT2D eigenvalue weighted by molar-refractivity contribution is 0.229. The SMILES string of the molecule is OCCc1nc(CCN2CCCCC2)no1. The molecule has 2 heterocycles. The summed E-state index contributed by atoms with van der Waals surface area (Å²) in [7, 11) is 0. The van der Waals surface area contributed by atoms with Gasteiger partial charge in [0.1, 0.15) is 0 Å². The van der Waals surface area contributed by atoms with Crippen LogP contribution in [0, 0.1) is 0 Å². The quantitative estimate of drug-likeness (QED) is 0.796. The van der Waals surface area contributed by atoms with Crippen LogP contribution in [-0.2, 0) is 12.8 Å². The zero-order chi connectivity index (χ0) is 11.2. The van der Waals surface area contributed by atoms with Crippen LogP contribution < -0.4 is 0 Å². The molecule has 0 atom stereocenters. The van der Waals surface area contributed by atoms with Crippen LogP contribution in [0.4, 0.5) is 0 Å². The summed E-state index contributed by atoms with van der Waals surface area (Å²) >= 11 is 0. The van der Waals surface area contributed by atoms with E-state index < -0.39 is 0 Å². The maximum atomic E-state index is 8.73. The Kier molecular flexibility index (Phi) is 4.30. The molecule has 1 N–H and O–H groups in total. The van der Waals surface area contributed by atoms with Crippen LogP contribution in [0.5, 0.6) is 0 Å². The van der Waals surface area contributed by atoms with Crippen LogP contribution in [0.3, 0.4) is 0 Å². The van der Waals surface area contributed by atoms with Crippen molar-refractivity contribution in [3.05, 3.63) is 11.7 Å². The Morgan fingerprint density at radius 1 is 1.19 bits per heavy atom. The van der Waals surface area contributed by atoms with Crippen LogP contribution >= 0.6 is 0 Å². The Balaban J connectivity index is 1.75. The van der Waals surface area contributed by atoms with Gasteiger partial charge in [0.05, 0.1) is 13.0 Å². The fourth-order valence-corrected chi connectivity index (χ4v) is 2.03. The minimum atomic E-state index is 0.0633. The third-order valence-corrected chi connectivity index (χ3v) is 2.94. The molecule has 0 amide bonds. The monoisotopic (exact) mass is 225 g/mol. The molecule has 0 spiro atoms. The van der Waals surface area contributed by atoms with Crippen LogP contribution in [0.2, 0.25) is 0 Å². The van der Waals surface area contributed by atoms with Crippen molar-refractivity contribution in [2.75, 3.05) is 26.2 Å². The molecule has 1 aromatic heterocycles. The summed E-state index contributed by atoms with van der Waals surface area (Å²) in [6.45, 7) is 3.47. The van der Waals surface area contributed by atoms with Crippen LogP contribution in [0.15, 0.2) is 4.52 Å². The molecule has 1 aliphatic heterocycles. The minimum Gasteiger partial charge on any atom is -0.396 e. The van der Waals surface area contributed by atoms with Gasteiger partial charge in [-0.15, -0.1) is 0 Å². The molecular weight excluding hydrogens is 206 g/mol. The topological polar surface area (TPSA) is 62.4 Å². The molecular formula is C11H19N3O2. The van der Waals surface area contributed by atoms with Gasteiger partial charge in [-0.2, -0.15) is 4.98 Å². The van der Waals surface area contributed by atoms with E-state index >= 15 is 0 Å². The Labute approximate surface area is 95.4 Å². The molecule has 90 valence electrons. The molecule has 1 fully saturated rings. The molecule has 1 aromatic rings. The lowest BCUT2D eigenvalue weighted by Gasteiger charge is -2.25. The minimum absolute atomic E-state index is 0.0633. The predicted molar refractivity (Wildman–Crippen MR) is 59.1 cm³/mol. The summed E-state index contributed by atoms with van der Waals surface area (Å²) in [4.78, 5) is 6.67. The van der Waals surface area contributed by atoms with Crippen molar-refractivity contribution in [3.8, 4) is 0 Å². The van der Waals surface area contributed by atoms with Gasteiger partial charge in [-0.1, -0.05) is 11.6 Å². The van der Waals surface area contributed by atoms with E-state index in [4.69, 9.17) is 9.63 Å². The lowest BCUT2D eigenvalue weighted by atomic mass is 10.1. The first-order valence-corrected chi connectivity index (χ1v) is 6.03. The van der Waals surface area contributed by atoms with Crippen molar-refractivity contribution in [3.63, 3.8) is 0 Å². The second-order valence-corrected chi connectivity index (χ2v) is 4.23. The van der Waals surface area contributed by atoms with Gasteiger partial charge < -0.3 is 14.5 Å². The smallest absolute Gasteiger partial charge is 0.228 e. The number of hydrogen-bond acceptors (Lipinski definition) is 5. The fourth-order valence-electron chi connectivity index (χ4n) is 2.03. The van der Waals surface area contributed by atoms with Gasteiger partial charge in [-0.3, -0.25) is 0 Å². The molecule has 0 unspecified atom stereocenters. The van der Waals surface area contributed by atoms with Gasteiger partial charge in [0, 0.05) is 13.0 Å². The van der Waals surface area contributed by atoms with E-state index in [0.717, 1.165) is 18.8 Å². The normalized spacial score (nSPS) is 17.8. The molecule has 5 heteroatoms. The van der Waals surface area contributed by atoms with E-state index in [2.05, 4.69) is 15.0 Å². The molecule has 5 nitrogen and oxygen atoms in total. The van der Waals surface area contributed by atoms with Gasteiger partial charge >= 0.3 is 0 Å². The van der Waals surface area contributed by atoms with Crippen molar-refractivity contribution in [2.45, 2.75) is 32.1 Å². The van der Waals surface area contributed by atoms with Crippen molar-refractivity contribution in [1.29, 1.82) is 0 Å². The van der Waals surface area contributed by atoms with Gasteiger partial charge in [0.15, 0.2) is 5.82 Å². The zero-order valence-corrected chi connectivity index (χ0v) is 9.56. The number of nitrogens with zero attached hydrogens (tertiary/aromatic N) is 3. The summed E-state index contributed by atoms with van der Waals surface area (Å²) in [6.07, 6.45) is 5.27. The van der Waals surface area contributed by atoms with E-state index in [0.29, 0.717) is 12.3 Å². The number of aliphatic hydroxyl groups is 1. The molecule has 16 heavy (non-hydrogen) atoms. The Morgan fingerprint density at radius 2 is 2.00 bits per heavy atom. The number of hydrogen-bond donors (Lipinski definition) is 1. The van der Waals surface area contributed by atoms with Gasteiger partial charge in [-0.05, 0) is 25.9 Å². The van der Waals surface area contributed by atoms with Crippen molar-refractivity contribution in [1.82, 2.24) is 15.0 Å². The summed E-state index contributed by atoms with van der Waals surface area (Å²) in [5.74, 6) is 1.30. The summed E-state index contributed by atoms with van der Waals surface area (Å²) in [5.41, 5.74) is 0. The zero-order valence-electron chi connectivity index (χ0n) is 9.56.